The van der Waals surface area contributed by atoms with E-state index in [1.165, 1.54) is 13.3 Å². The minimum atomic E-state index is -0.928. The molecular weight excluding hydrogens is 422 g/mol. The fourth-order valence-electron chi connectivity index (χ4n) is 2.93. The van der Waals surface area contributed by atoms with Crippen LogP contribution in [0.2, 0.25) is 0 Å². The summed E-state index contributed by atoms with van der Waals surface area (Å²) in [5.41, 5.74) is 4.41. The average Bonchev–Trinajstić information content (AvgIpc) is 2.85. The Kier molecular flexibility index (Phi) is 7.91. The van der Waals surface area contributed by atoms with E-state index in [1.807, 2.05) is 19.1 Å². The van der Waals surface area contributed by atoms with Gasteiger partial charge in [0.1, 0.15) is 11.5 Å². The second kappa shape index (κ2) is 11.2. The third-order valence-electron chi connectivity index (χ3n) is 4.65. The van der Waals surface area contributed by atoms with E-state index in [9.17, 15) is 14.4 Å². The van der Waals surface area contributed by atoms with Gasteiger partial charge in [0.05, 0.1) is 18.9 Å². The molecule has 0 saturated carbocycles. The van der Waals surface area contributed by atoms with E-state index >= 15 is 0 Å². The van der Waals surface area contributed by atoms with Gasteiger partial charge < -0.3 is 14.8 Å². The van der Waals surface area contributed by atoms with Gasteiger partial charge in [0.2, 0.25) is 0 Å². The molecule has 2 amide bonds. The monoisotopic (exact) mass is 445 g/mol. The van der Waals surface area contributed by atoms with E-state index in [0.29, 0.717) is 29.0 Å². The number of carbonyl (C=O) groups excluding carboxylic acids is 3. The summed E-state index contributed by atoms with van der Waals surface area (Å²) in [4.78, 5) is 36.8. The molecule has 33 heavy (non-hydrogen) atoms. The number of carbonyl (C=O) groups is 3. The molecule has 8 nitrogen and oxygen atoms in total. The second-order valence-electron chi connectivity index (χ2n) is 6.82. The van der Waals surface area contributed by atoms with E-state index in [0.717, 1.165) is 5.56 Å². The Labute approximate surface area is 191 Å². The molecule has 0 aliphatic heterocycles. The Morgan fingerprint density at radius 3 is 2.48 bits per heavy atom. The molecule has 0 saturated heterocycles. The van der Waals surface area contributed by atoms with E-state index in [4.69, 9.17) is 9.47 Å². The third kappa shape index (κ3) is 6.27. The smallest absolute Gasteiger partial charge is 0.343 e. The Morgan fingerprint density at radius 2 is 1.70 bits per heavy atom. The summed E-state index contributed by atoms with van der Waals surface area (Å²) in [7, 11) is 1.51. The molecule has 3 aromatic carbocycles. The molecule has 3 rings (SSSR count). The number of benzene rings is 3. The largest absolute Gasteiger partial charge is 0.497 e. The standard InChI is InChI=1S/C25H23N3O5/c1-3-17-9-4-6-13-21(17)27-23(29)24(30)28-26-16-19-10-5-7-14-22(19)33-25(31)18-11-8-12-20(15-18)32-2/h4-16H,3H2,1-2H3,(H,27,29)(H,28,30). The lowest BCUT2D eigenvalue weighted by atomic mass is 10.1. The minimum absolute atomic E-state index is 0.240. The molecule has 0 heterocycles. The fourth-order valence-corrected chi connectivity index (χ4v) is 2.93. The molecule has 0 aromatic heterocycles. The molecule has 3 aromatic rings. The van der Waals surface area contributed by atoms with Crippen molar-refractivity contribution < 1.29 is 23.9 Å². The minimum Gasteiger partial charge on any atom is -0.497 e. The maximum atomic E-state index is 12.5. The zero-order valence-corrected chi connectivity index (χ0v) is 18.2. The number of hydrazone groups is 1. The summed E-state index contributed by atoms with van der Waals surface area (Å²) in [6.07, 6.45) is 2.00. The SMILES string of the molecule is CCc1ccccc1NC(=O)C(=O)NN=Cc1ccccc1OC(=O)c1cccc(OC)c1. The van der Waals surface area contributed by atoms with Gasteiger partial charge in [-0.3, -0.25) is 9.59 Å². The number of hydrogen-bond acceptors (Lipinski definition) is 6. The van der Waals surface area contributed by atoms with Crippen molar-refractivity contribution in [1.29, 1.82) is 0 Å². The molecule has 2 N–H and O–H groups in total. The van der Waals surface area contributed by atoms with Crippen LogP contribution in [0.25, 0.3) is 0 Å². The zero-order chi connectivity index (χ0) is 23.6. The summed E-state index contributed by atoms with van der Waals surface area (Å²) in [5.74, 6) is -1.58. The van der Waals surface area contributed by atoms with Crippen molar-refractivity contribution in [3.63, 3.8) is 0 Å². The molecule has 0 bridgehead atoms. The van der Waals surface area contributed by atoms with Gasteiger partial charge >= 0.3 is 17.8 Å². The van der Waals surface area contributed by atoms with E-state index < -0.39 is 17.8 Å². The zero-order valence-electron chi connectivity index (χ0n) is 18.2. The number of ether oxygens (including phenoxy) is 2. The van der Waals surface area contributed by atoms with Gasteiger partial charge in [0, 0.05) is 11.3 Å². The van der Waals surface area contributed by atoms with Gasteiger partial charge in [-0.25, -0.2) is 10.2 Å². The Balaban J connectivity index is 1.64. The molecule has 8 heteroatoms. The van der Waals surface area contributed by atoms with E-state index in [1.54, 1.807) is 60.7 Å². The molecule has 168 valence electrons. The van der Waals surface area contributed by atoms with Crippen LogP contribution in [0.4, 0.5) is 5.69 Å². The predicted octanol–water partition coefficient (Wildman–Crippen LogP) is 3.57. The van der Waals surface area contributed by atoms with Crippen LogP contribution in [-0.4, -0.2) is 31.1 Å². The highest BCUT2D eigenvalue weighted by Gasteiger charge is 2.15. The number of anilines is 1. The summed E-state index contributed by atoms with van der Waals surface area (Å²) in [5, 5.41) is 6.39. The first kappa shape index (κ1) is 23.2. The van der Waals surface area contributed by atoms with Gasteiger partial charge in [-0.15, -0.1) is 0 Å². The second-order valence-corrected chi connectivity index (χ2v) is 6.82. The molecule has 0 aliphatic rings. The highest BCUT2D eigenvalue weighted by Crippen LogP contribution is 2.19. The van der Waals surface area contributed by atoms with Crippen molar-refractivity contribution in [2.75, 3.05) is 12.4 Å². The fraction of sp³-hybridized carbons (Fsp3) is 0.120. The number of nitrogens with one attached hydrogen (secondary N) is 2. The number of rotatable bonds is 7. The number of methoxy groups -OCH3 is 1. The molecule has 0 fully saturated rings. The van der Waals surface area contributed by atoms with Gasteiger partial charge in [0.15, 0.2) is 0 Å². The van der Waals surface area contributed by atoms with Crippen molar-refractivity contribution in [2.45, 2.75) is 13.3 Å². The van der Waals surface area contributed by atoms with Crippen LogP contribution in [0, 0.1) is 0 Å². The lowest BCUT2D eigenvalue weighted by molar-refractivity contribution is -0.136. The topological polar surface area (TPSA) is 106 Å². The van der Waals surface area contributed by atoms with Crippen LogP contribution in [0.3, 0.4) is 0 Å². The number of para-hydroxylation sites is 2. The van der Waals surface area contributed by atoms with Crippen molar-refractivity contribution in [3.05, 3.63) is 89.5 Å². The summed E-state index contributed by atoms with van der Waals surface area (Å²) >= 11 is 0. The van der Waals surface area contributed by atoms with Gasteiger partial charge in [-0.1, -0.05) is 43.3 Å². The maximum Gasteiger partial charge on any atom is 0.343 e. The Bertz CT molecular complexity index is 1190. The normalized spacial score (nSPS) is 10.5. The maximum absolute atomic E-state index is 12.5. The molecule has 0 aliphatic carbocycles. The van der Waals surface area contributed by atoms with Crippen LogP contribution < -0.4 is 20.2 Å². The average molecular weight is 445 g/mol. The van der Waals surface area contributed by atoms with Gasteiger partial charge in [-0.2, -0.15) is 5.10 Å². The van der Waals surface area contributed by atoms with Crippen molar-refractivity contribution in [2.24, 2.45) is 5.10 Å². The lowest BCUT2D eigenvalue weighted by Crippen LogP contribution is -2.32. The molecule has 0 atom stereocenters. The Morgan fingerprint density at radius 1 is 0.939 bits per heavy atom. The molecule has 0 spiro atoms. The third-order valence-corrected chi connectivity index (χ3v) is 4.65. The van der Waals surface area contributed by atoms with Crippen molar-refractivity contribution in [1.82, 2.24) is 5.43 Å². The highest BCUT2D eigenvalue weighted by molar-refractivity contribution is 6.39. The van der Waals surface area contributed by atoms with E-state index in [-0.39, 0.29) is 5.75 Å². The molecule has 0 unspecified atom stereocenters. The summed E-state index contributed by atoms with van der Waals surface area (Å²) in [6, 6.07) is 20.5. The molecule has 0 radical (unpaired) electrons. The number of amides is 2. The van der Waals surface area contributed by atoms with Crippen molar-refractivity contribution in [3.8, 4) is 11.5 Å². The number of esters is 1. The van der Waals surface area contributed by atoms with Crippen LogP contribution in [0.15, 0.2) is 77.9 Å². The highest BCUT2D eigenvalue weighted by atomic mass is 16.5. The summed E-state index contributed by atoms with van der Waals surface area (Å²) < 4.78 is 10.6. The van der Waals surface area contributed by atoms with Crippen LogP contribution in [0.5, 0.6) is 11.5 Å². The number of nitrogens with zero attached hydrogens (tertiary/aromatic N) is 1. The number of aryl methyl sites for hydroxylation is 1. The first-order valence-corrected chi connectivity index (χ1v) is 10.2. The first-order chi connectivity index (χ1) is 16.0. The predicted molar refractivity (Wildman–Crippen MR) is 125 cm³/mol. The van der Waals surface area contributed by atoms with Crippen LogP contribution in [0.1, 0.15) is 28.4 Å². The Hall–Kier alpha value is -4.46. The van der Waals surface area contributed by atoms with Crippen molar-refractivity contribution >= 4 is 29.7 Å². The first-order valence-electron chi connectivity index (χ1n) is 10.2. The van der Waals surface area contributed by atoms with Gasteiger partial charge in [-0.05, 0) is 48.4 Å². The quantitative estimate of drug-likeness (QED) is 0.190. The van der Waals surface area contributed by atoms with Crippen LogP contribution >= 0.6 is 0 Å². The van der Waals surface area contributed by atoms with Crippen LogP contribution in [-0.2, 0) is 16.0 Å². The molecular formula is C25H23N3O5. The number of hydrogen-bond donors (Lipinski definition) is 2. The van der Waals surface area contributed by atoms with E-state index in [2.05, 4.69) is 15.8 Å². The summed E-state index contributed by atoms with van der Waals surface area (Å²) in [6.45, 7) is 1.95. The van der Waals surface area contributed by atoms with Gasteiger partial charge in [0.25, 0.3) is 0 Å². The lowest BCUT2D eigenvalue weighted by Gasteiger charge is -2.09.